The van der Waals surface area contributed by atoms with Gasteiger partial charge in [-0.2, -0.15) is 5.10 Å². The highest BCUT2D eigenvalue weighted by molar-refractivity contribution is 6.04. The molecular formula is C20H22N6O4. The monoisotopic (exact) mass is 410 g/mol. The number of pyridine rings is 1. The molecule has 3 aromatic rings. The Morgan fingerprint density at radius 1 is 1.20 bits per heavy atom. The van der Waals surface area contributed by atoms with Crippen LogP contribution < -0.4 is 20.5 Å². The summed E-state index contributed by atoms with van der Waals surface area (Å²) in [7, 11) is 1.76. The van der Waals surface area contributed by atoms with E-state index >= 15 is 0 Å². The molecule has 0 spiro atoms. The van der Waals surface area contributed by atoms with E-state index in [-0.39, 0.29) is 17.8 Å². The van der Waals surface area contributed by atoms with E-state index in [1.54, 1.807) is 54.3 Å². The molecule has 0 aliphatic rings. The molecule has 0 fully saturated rings. The highest BCUT2D eigenvalue weighted by atomic mass is 16.5. The number of amides is 1. The first-order valence-corrected chi connectivity index (χ1v) is 9.08. The van der Waals surface area contributed by atoms with E-state index in [0.717, 1.165) is 0 Å². The molecule has 0 aliphatic carbocycles. The maximum atomic E-state index is 12.7. The van der Waals surface area contributed by atoms with Crippen LogP contribution in [-0.4, -0.2) is 37.8 Å². The number of ether oxygens (including phenoxy) is 2. The lowest BCUT2D eigenvalue weighted by Gasteiger charge is -2.14. The summed E-state index contributed by atoms with van der Waals surface area (Å²) in [5.41, 5.74) is 6.16. The van der Waals surface area contributed by atoms with E-state index in [0.29, 0.717) is 34.3 Å². The summed E-state index contributed by atoms with van der Waals surface area (Å²) in [6.07, 6.45) is 3.07. The van der Waals surface area contributed by atoms with E-state index in [4.69, 9.17) is 20.4 Å². The molecule has 3 rings (SSSR count). The molecule has 4 N–H and O–H groups in total. The minimum atomic E-state index is -0.354. The fourth-order valence-corrected chi connectivity index (χ4v) is 2.55. The Morgan fingerprint density at radius 2 is 1.97 bits per heavy atom. The van der Waals surface area contributed by atoms with Crippen molar-refractivity contribution in [2.75, 3.05) is 5.32 Å². The first kappa shape index (κ1) is 20.6. The molecule has 2 aromatic heterocycles. The molecule has 0 radical (unpaired) electrons. The zero-order chi connectivity index (χ0) is 21.7. The Morgan fingerprint density at radius 3 is 2.57 bits per heavy atom. The molecular weight excluding hydrogens is 388 g/mol. The van der Waals surface area contributed by atoms with Crippen LogP contribution in [-0.2, 0) is 7.05 Å². The number of amidine groups is 1. The van der Waals surface area contributed by atoms with Crippen molar-refractivity contribution in [1.82, 2.24) is 14.8 Å². The molecule has 0 unspecified atom stereocenters. The Bertz CT molecular complexity index is 1060. The molecule has 30 heavy (non-hydrogen) atoms. The van der Waals surface area contributed by atoms with Crippen molar-refractivity contribution in [1.29, 1.82) is 0 Å². The second-order valence-corrected chi connectivity index (χ2v) is 6.65. The summed E-state index contributed by atoms with van der Waals surface area (Å²) in [5, 5.41) is 18.5. The zero-order valence-corrected chi connectivity index (χ0v) is 16.7. The van der Waals surface area contributed by atoms with Gasteiger partial charge in [0.1, 0.15) is 22.9 Å². The van der Waals surface area contributed by atoms with Gasteiger partial charge in [-0.05, 0) is 38.1 Å². The summed E-state index contributed by atoms with van der Waals surface area (Å²) in [6, 6.07) is 9.75. The number of aromatic nitrogens is 3. The number of carbonyl (C=O) groups excluding carboxylic acids is 1. The molecule has 0 atom stereocenters. The fraction of sp³-hybridized carbons (Fsp3) is 0.200. The van der Waals surface area contributed by atoms with Crippen LogP contribution in [0, 0.1) is 0 Å². The zero-order valence-electron chi connectivity index (χ0n) is 16.7. The van der Waals surface area contributed by atoms with E-state index in [9.17, 15) is 4.79 Å². The summed E-state index contributed by atoms with van der Waals surface area (Å²) in [5.74, 6) is 1.24. The third-order valence-electron chi connectivity index (χ3n) is 3.81. The van der Waals surface area contributed by atoms with Crippen LogP contribution in [0.3, 0.4) is 0 Å². The van der Waals surface area contributed by atoms with Crippen molar-refractivity contribution >= 4 is 17.6 Å². The van der Waals surface area contributed by atoms with Gasteiger partial charge in [-0.15, -0.1) is 0 Å². The fourth-order valence-electron chi connectivity index (χ4n) is 2.55. The topological polar surface area (TPSA) is 137 Å². The molecule has 10 nitrogen and oxygen atoms in total. The predicted molar refractivity (Wildman–Crippen MR) is 110 cm³/mol. The van der Waals surface area contributed by atoms with E-state index in [1.165, 1.54) is 6.20 Å². The van der Waals surface area contributed by atoms with Crippen molar-refractivity contribution in [3.05, 3.63) is 60.0 Å². The lowest BCUT2D eigenvalue weighted by molar-refractivity contribution is 0.102. The lowest BCUT2D eigenvalue weighted by atomic mass is 10.2. The largest absolute Gasteiger partial charge is 0.491 e. The standard InChI is InChI=1S/C20H22N6O4/c1-12(2)29-15-8-13(20(27)23-18-6-7-26(3)24-18)9-16(10-15)30-14-4-5-17(22-11-14)19(21)25-28/h4-12,28H,1-3H3,(H2,21,25)(H,23,24,27). The van der Waals surface area contributed by atoms with Crippen LogP contribution in [0.4, 0.5) is 5.82 Å². The summed E-state index contributed by atoms with van der Waals surface area (Å²) < 4.78 is 13.2. The number of nitrogens with zero attached hydrogens (tertiary/aromatic N) is 4. The molecule has 1 amide bonds. The Kier molecular flexibility index (Phi) is 6.16. The SMILES string of the molecule is CC(C)Oc1cc(Oc2ccc(/C(N)=N/O)nc2)cc(C(=O)Nc2ccn(C)n2)c1. The van der Waals surface area contributed by atoms with E-state index in [2.05, 4.69) is 20.6 Å². The summed E-state index contributed by atoms with van der Waals surface area (Å²) >= 11 is 0. The van der Waals surface area contributed by atoms with Crippen LogP contribution >= 0.6 is 0 Å². The number of hydrogen-bond acceptors (Lipinski definition) is 7. The number of carbonyl (C=O) groups is 1. The van der Waals surface area contributed by atoms with Crippen LogP contribution in [0.25, 0.3) is 0 Å². The predicted octanol–water partition coefficient (Wildman–Crippen LogP) is 2.74. The van der Waals surface area contributed by atoms with Crippen molar-refractivity contribution in [2.24, 2.45) is 17.9 Å². The Labute approximate surface area is 172 Å². The van der Waals surface area contributed by atoms with Crippen molar-refractivity contribution in [3.8, 4) is 17.2 Å². The average molecular weight is 410 g/mol. The van der Waals surface area contributed by atoms with Gasteiger partial charge in [0.25, 0.3) is 5.91 Å². The van der Waals surface area contributed by atoms with Crippen LogP contribution in [0.5, 0.6) is 17.2 Å². The molecule has 2 heterocycles. The molecule has 0 saturated carbocycles. The summed E-state index contributed by atoms with van der Waals surface area (Å²) in [6.45, 7) is 3.77. The van der Waals surface area contributed by atoms with Gasteiger partial charge in [-0.1, -0.05) is 5.16 Å². The highest BCUT2D eigenvalue weighted by Crippen LogP contribution is 2.28. The number of nitrogens with two attached hydrogens (primary N) is 1. The third kappa shape index (κ3) is 5.25. The normalized spacial score (nSPS) is 11.4. The molecule has 0 bridgehead atoms. The molecule has 0 saturated heterocycles. The number of benzene rings is 1. The quantitative estimate of drug-likeness (QED) is 0.236. The minimum absolute atomic E-state index is 0.0892. The van der Waals surface area contributed by atoms with Gasteiger partial charge in [0, 0.05) is 30.9 Å². The van der Waals surface area contributed by atoms with Gasteiger partial charge >= 0.3 is 0 Å². The smallest absolute Gasteiger partial charge is 0.257 e. The van der Waals surface area contributed by atoms with Crippen LogP contribution in [0.15, 0.2) is 53.9 Å². The van der Waals surface area contributed by atoms with Gasteiger partial charge in [-0.3, -0.25) is 9.48 Å². The van der Waals surface area contributed by atoms with Crippen molar-refractivity contribution < 1.29 is 19.5 Å². The van der Waals surface area contributed by atoms with Gasteiger partial charge in [0.15, 0.2) is 11.7 Å². The molecule has 156 valence electrons. The summed E-state index contributed by atoms with van der Waals surface area (Å²) in [4.78, 5) is 16.8. The molecule has 10 heteroatoms. The van der Waals surface area contributed by atoms with Crippen molar-refractivity contribution in [3.63, 3.8) is 0 Å². The van der Waals surface area contributed by atoms with Gasteiger partial charge in [0.2, 0.25) is 0 Å². The first-order valence-electron chi connectivity index (χ1n) is 9.08. The van der Waals surface area contributed by atoms with Crippen LogP contribution in [0.2, 0.25) is 0 Å². The number of nitrogens with one attached hydrogen (secondary N) is 1. The van der Waals surface area contributed by atoms with E-state index in [1.807, 2.05) is 13.8 Å². The Balaban J connectivity index is 1.85. The number of aryl methyl sites for hydroxylation is 1. The molecule has 0 aliphatic heterocycles. The number of rotatable bonds is 7. The van der Waals surface area contributed by atoms with Gasteiger partial charge < -0.3 is 25.7 Å². The highest BCUT2D eigenvalue weighted by Gasteiger charge is 2.13. The minimum Gasteiger partial charge on any atom is -0.491 e. The lowest BCUT2D eigenvalue weighted by Crippen LogP contribution is -2.14. The number of oxime groups is 1. The Hall–Kier alpha value is -4.08. The third-order valence-corrected chi connectivity index (χ3v) is 3.81. The van der Waals surface area contributed by atoms with Crippen LogP contribution in [0.1, 0.15) is 29.9 Å². The average Bonchev–Trinajstić information content (AvgIpc) is 3.11. The van der Waals surface area contributed by atoms with Crippen molar-refractivity contribution in [2.45, 2.75) is 20.0 Å². The number of hydrogen-bond donors (Lipinski definition) is 3. The van der Waals surface area contributed by atoms with Gasteiger partial charge in [0.05, 0.1) is 12.3 Å². The first-order chi connectivity index (χ1) is 14.3. The van der Waals surface area contributed by atoms with E-state index < -0.39 is 0 Å². The molecule has 1 aromatic carbocycles. The van der Waals surface area contributed by atoms with Gasteiger partial charge in [-0.25, -0.2) is 4.98 Å². The number of anilines is 1. The maximum absolute atomic E-state index is 12.7. The second kappa shape index (κ2) is 8.95. The maximum Gasteiger partial charge on any atom is 0.257 e. The second-order valence-electron chi connectivity index (χ2n) is 6.65.